The third kappa shape index (κ3) is 1.70. The first-order valence-electron chi connectivity index (χ1n) is 5.92. The number of hydrogen-bond acceptors (Lipinski definition) is 1. The molecular formula is C17H12O. The molecule has 86 valence electrons. The number of allylic oxidation sites excluding steroid dienone is 8. The second-order valence-electron chi connectivity index (χ2n) is 4.23. The summed E-state index contributed by atoms with van der Waals surface area (Å²) < 4.78 is 0. The molecule has 2 aliphatic rings. The zero-order valence-electron chi connectivity index (χ0n) is 9.84. The van der Waals surface area contributed by atoms with Gasteiger partial charge in [-0.3, -0.25) is 4.79 Å². The highest BCUT2D eigenvalue weighted by molar-refractivity contribution is 5.95. The molecular weight excluding hydrogens is 220 g/mol. The zero-order valence-corrected chi connectivity index (χ0v) is 9.84. The minimum absolute atomic E-state index is 0.720. The van der Waals surface area contributed by atoms with Crippen LogP contribution < -0.4 is 10.4 Å². The molecule has 0 spiro atoms. The molecule has 0 aliphatic heterocycles. The predicted molar refractivity (Wildman–Crippen MR) is 74.1 cm³/mol. The molecule has 1 aromatic carbocycles. The topological polar surface area (TPSA) is 17.1 Å². The van der Waals surface area contributed by atoms with Gasteiger partial charge in [-0.05, 0) is 21.6 Å². The van der Waals surface area contributed by atoms with Crippen LogP contribution in [-0.2, 0) is 4.79 Å². The van der Waals surface area contributed by atoms with E-state index in [-0.39, 0.29) is 0 Å². The Kier molecular flexibility index (Phi) is 2.66. The number of carbonyl (C=O) groups excluding carboxylic acids is 1. The monoisotopic (exact) mass is 232 g/mol. The highest BCUT2D eigenvalue weighted by atomic mass is 16.1. The van der Waals surface area contributed by atoms with Crippen molar-refractivity contribution >= 4 is 17.9 Å². The van der Waals surface area contributed by atoms with Crippen LogP contribution in [0.4, 0.5) is 0 Å². The molecule has 18 heavy (non-hydrogen) atoms. The van der Waals surface area contributed by atoms with Gasteiger partial charge in [0.25, 0.3) is 0 Å². The Labute approximate surface area is 105 Å². The van der Waals surface area contributed by atoms with Gasteiger partial charge in [0.15, 0.2) is 6.29 Å². The van der Waals surface area contributed by atoms with E-state index in [0.29, 0.717) is 0 Å². The Bertz CT molecular complexity index is 740. The third-order valence-corrected chi connectivity index (χ3v) is 3.17. The fourth-order valence-electron chi connectivity index (χ4n) is 2.29. The average molecular weight is 232 g/mol. The van der Waals surface area contributed by atoms with Gasteiger partial charge in [0, 0.05) is 5.57 Å². The van der Waals surface area contributed by atoms with Gasteiger partial charge in [0.05, 0.1) is 0 Å². The first kappa shape index (κ1) is 10.7. The van der Waals surface area contributed by atoms with Crippen molar-refractivity contribution in [3.05, 3.63) is 82.3 Å². The zero-order chi connectivity index (χ0) is 12.4. The summed E-state index contributed by atoms with van der Waals surface area (Å²) in [5.41, 5.74) is 2.80. The molecule has 0 bridgehead atoms. The van der Waals surface area contributed by atoms with Crippen LogP contribution >= 0.6 is 0 Å². The van der Waals surface area contributed by atoms with Gasteiger partial charge < -0.3 is 0 Å². The standard InChI is InChI=1S/C17H12O/c18-12-14-11-10-13-6-4-5-8-15(13)17-9-3-1-2-7-16(14)17/h1-12H. The molecule has 0 amide bonds. The van der Waals surface area contributed by atoms with E-state index < -0.39 is 0 Å². The van der Waals surface area contributed by atoms with Crippen LogP contribution in [0.1, 0.15) is 0 Å². The SMILES string of the molecule is O=CC1=CC=c2ccccc2=C2C=CC=CC=C12. The summed E-state index contributed by atoms with van der Waals surface area (Å²) in [5.74, 6) is 0. The molecule has 0 saturated heterocycles. The van der Waals surface area contributed by atoms with Crippen molar-refractivity contribution in [3.8, 4) is 0 Å². The van der Waals surface area contributed by atoms with Crippen molar-refractivity contribution < 1.29 is 4.79 Å². The van der Waals surface area contributed by atoms with Crippen molar-refractivity contribution in [3.63, 3.8) is 0 Å². The Hall–Kier alpha value is -2.41. The number of benzene rings is 1. The van der Waals surface area contributed by atoms with Crippen LogP contribution in [0.5, 0.6) is 0 Å². The van der Waals surface area contributed by atoms with Gasteiger partial charge in [-0.1, -0.05) is 66.8 Å². The quantitative estimate of drug-likeness (QED) is 0.675. The highest BCUT2D eigenvalue weighted by Crippen LogP contribution is 2.22. The van der Waals surface area contributed by atoms with E-state index in [9.17, 15) is 4.79 Å². The molecule has 1 heteroatoms. The van der Waals surface area contributed by atoms with E-state index in [0.717, 1.165) is 33.4 Å². The largest absolute Gasteiger partial charge is 0.298 e. The molecule has 0 atom stereocenters. The van der Waals surface area contributed by atoms with Gasteiger partial charge in [-0.15, -0.1) is 0 Å². The second-order valence-corrected chi connectivity index (χ2v) is 4.23. The maximum Gasteiger partial charge on any atom is 0.150 e. The molecule has 0 N–H and O–H groups in total. The lowest BCUT2D eigenvalue weighted by atomic mass is 9.97. The summed E-state index contributed by atoms with van der Waals surface area (Å²) in [6.07, 6.45) is 14.8. The molecule has 0 saturated carbocycles. The summed E-state index contributed by atoms with van der Waals surface area (Å²) in [6, 6.07) is 8.19. The van der Waals surface area contributed by atoms with E-state index in [1.165, 1.54) is 0 Å². The Morgan fingerprint density at radius 1 is 0.889 bits per heavy atom. The molecule has 3 rings (SSSR count). The number of carbonyl (C=O) groups is 1. The molecule has 0 heterocycles. The Balaban J connectivity index is 2.47. The first-order chi connectivity index (χ1) is 8.90. The van der Waals surface area contributed by atoms with Crippen molar-refractivity contribution in [2.75, 3.05) is 0 Å². The summed E-state index contributed by atoms with van der Waals surface area (Å²) in [7, 11) is 0. The first-order valence-corrected chi connectivity index (χ1v) is 5.92. The Morgan fingerprint density at radius 3 is 2.67 bits per heavy atom. The van der Waals surface area contributed by atoms with Gasteiger partial charge in [-0.2, -0.15) is 0 Å². The summed E-state index contributed by atoms with van der Waals surface area (Å²) in [4.78, 5) is 11.2. The Morgan fingerprint density at radius 2 is 1.78 bits per heavy atom. The van der Waals surface area contributed by atoms with Gasteiger partial charge in [-0.25, -0.2) is 0 Å². The normalized spacial score (nSPS) is 16.6. The van der Waals surface area contributed by atoms with Crippen molar-refractivity contribution in [2.45, 2.75) is 0 Å². The number of hydrogen-bond donors (Lipinski definition) is 0. The van der Waals surface area contributed by atoms with Crippen LogP contribution in [0.15, 0.2) is 71.9 Å². The van der Waals surface area contributed by atoms with Crippen LogP contribution in [0, 0.1) is 0 Å². The van der Waals surface area contributed by atoms with Crippen LogP contribution in [-0.4, -0.2) is 6.29 Å². The van der Waals surface area contributed by atoms with E-state index in [1.807, 2.05) is 48.6 Å². The van der Waals surface area contributed by atoms with Gasteiger partial charge in [0.1, 0.15) is 0 Å². The van der Waals surface area contributed by atoms with Crippen molar-refractivity contribution in [1.29, 1.82) is 0 Å². The van der Waals surface area contributed by atoms with Gasteiger partial charge in [0.2, 0.25) is 0 Å². The predicted octanol–water partition coefficient (Wildman–Crippen LogP) is 1.81. The number of aldehydes is 1. The summed E-state index contributed by atoms with van der Waals surface area (Å²) >= 11 is 0. The van der Waals surface area contributed by atoms with E-state index in [4.69, 9.17) is 0 Å². The van der Waals surface area contributed by atoms with Crippen molar-refractivity contribution in [2.24, 2.45) is 0 Å². The lowest BCUT2D eigenvalue weighted by Crippen LogP contribution is -2.25. The smallest absolute Gasteiger partial charge is 0.150 e. The lowest BCUT2D eigenvalue weighted by molar-refractivity contribution is -0.104. The minimum atomic E-state index is 0.720. The van der Waals surface area contributed by atoms with E-state index in [1.54, 1.807) is 0 Å². The lowest BCUT2D eigenvalue weighted by Gasteiger charge is -2.06. The van der Waals surface area contributed by atoms with Gasteiger partial charge >= 0.3 is 0 Å². The molecule has 0 fully saturated rings. The number of fused-ring (bicyclic) bond motifs is 2. The summed E-state index contributed by atoms with van der Waals surface area (Å²) in [5, 5.41) is 2.30. The fraction of sp³-hybridized carbons (Fsp3) is 0. The molecule has 0 radical (unpaired) electrons. The van der Waals surface area contributed by atoms with Crippen LogP contribution in [0.3, 0.4) is 0 Å². The van der Waals surface area contributed by atoms with Crippen LogP contribution in [0.25, 0.3) is 11.6 Å². The maximum atomic E-state index is 11.2. The third-order valence-electron chi connectivity index (χ3n) is 3.17. The summed E-state index contributed by atoms with van der Waals surface area (Å²) in [6.45, 7) is 0. The second kappa shape index (κ2) is 4.46. The van der Waals surface area contributed by atoms with Crippen LogP contribution in [0.2, 0.25) is 0 Å². The molecule has 2 aliphatic carbocycles. The number of rotatable bonds is 1. The van der Waals surface area contributed by atoms with E-state index >= 15 is 0 Å². The highest BCUT2D eigenvalue weighted by Gasteiger charge is 2.11. The van der Waals surface area contributed by atoms with Crippen molar-refractivity contribution in [1.82, 2.24) is 0 Å². The average Bonchev–Trinajstić information content (AvgIpc) is 2.72. The molecule has 1 aromatic rings. The molecule has 0 unspecified atom stereocenters. The minimum Gasteiger partial charge on any atom is -0.298 e. The maximum absolute atomic E-state index is 11.2. The molecule has 0 aromatic heterocycles. The fourth-order valence-corrected chi connectivity index (χ4v) is 2.29. The molecule has 1 nitrogen and oxygen atoms in total. The van der Waals surface area contributed by atoms with E-state index in [2.05, 4.69) is 18.2 Å².